The summed E-state index contributed by atoms with van der Waals surface area (Å²) in [7, 11) is -3.90. The number of halogens is 3. The van der Waals surface area contributed by atoms with Gasteiger partial charge < -0.3 is 5.11 Å². The van der Waals surface area contributed by atoms with Crippen molar-refractivity contribution in [3.63, 3.8) is 0 Å². The number of hydrogen-bond donors (Lipinski definition) is 2. The van der Waals surface area contributed by atoms with Crippen LogP contribution < -0.4 is 5.14 Å². The predicted octanol–water partition coefficient (Wildman–Crippen LogP) is 4.98. The van der Waals surface area contributed by atoms with Crippen molar-refractivity contribution >= 4 is 21.4 Å². The van der Waals surface area contributed by atoms with Gasteiger partial charge in [0.1, 0.15) is 4.88 Å². The molecular formula is C20H18F3NO3S2. The Labute approximate surface area is 170 Å². The molecule has 0 fully saturated rings. The zero-order chi connectivity index (χ0) is 21.6. The van der Waals surface area contributed by atoms with Crippen molar-refractivity contribution in [2.45, 2.75) is 30.5 Å². The summed E-state index contributed by atoms with van der Waals surface area (Å²) in [6.45, 7) is 3.24. The molecular weight excluding hydrogens is 423 g/mol. The molecule has 154 valence electrons. The average molecular weight is 441 g/mol. The summed E-state index contributed by atoms with van der Waals surface area (Å²) in [6, 6.07) is 13.1. The largest absolute Gasteiger partial charge is 0.425 e. The van der Waals surface area contributed by atoms with Crippen molar-refractivity contribution in [2.75, 3.05) is 0 Å². The summed E-state index contributed by atoms with van der Waals surface area (Å²) in [4.78, 5) is -0.524. The lowest BCUT2D eigenvalue weighted by Gasteiger charge is -2.18. The van der Waals surface area contributed by atoms with Crippen LogP contribution in [0.3, 0.4) is 0 Å². The van der Waals surface area contributed by atoms with Crippen LogP contribution in [0, 0.1) is 0 Å². The first-order chi connectivity index (χ1) is 13.3. The van der Waals surface area contributed by atoms with Crippen molar-refractivity contribution in [3.8, 4) is 21.6 Å². The van der Waals surface area contributed by atoms with Gasteiger partial charge in [-0.3, -0.25) is 0 Å². The number of rotatable bonds is 4. The lowest BCUT2D eigenvalue weighted by atomic mass is 9.95. The van der Waals surface area contributed by atoms with Crippen LogP contribution in [0.1, 0.15) is 24.3 Å². The minimum absolute atomic E-state index is 0.120. The molecule has 0 aliphatic heterocycles. The number of thiophene rings is 1. The Balaban J connectivity index is 2.13. The van der Waals surface area contributed by atoms with Crippen LogP contribution in [0.15, 0.2) is 59.5 Å². The second-order valence-corrected chi connectivity index (χ2v) is 9.67. The lowest BCUT2D eigenvalue weighted by Crippen LogP contribution is -2.14. The summed E-state index contributed by atoms with van der Waals surface area (Å²) in [6.07, 6.45) is -4.51. The molecule has 0 saturated carbocycles. The summed E-state index contributed by atoms with van der Waals surface area (Å²) < 4.78 is 62.9. The van der Waals surface area contributed by atoms with Gasteiger partial charge in [-0.2, -0.15) is 13.2 Å². The molecule has 0 aliphatic carbocycles. The number of nitrogens with two attached hydrogens (primary N) is 1. The third-order valence-electron chi connectivity index (χ3n) is 4.36. The van der Waals surface area contributed by atoms with Gasteiger partial charge in [-0.05, 0) is 48.7 Å². The highest BCUT2D eigenvalue weighted by Gasteiger charge is 2.34. The molecule has 1 aromatic heterocycles. The van der Waals surface area contributed by atoms with E-state index in [-0.39, 0.29) is 4.90 Å². The third kappa shape index (κ3) is 4.69. The Hall–Kier alpha value is -2.20. The Morgan fingerprint density at radius 1 is 0.931 bits per heavy atom. The van der Waals surface area contributed by atoms with Gasteiger partial charge in [0, 0.05) is 10.4 Å². The van der Waals surface area contributed by atoms with Gasteiger partial charge in [-0.1, -0.05) is 36.4 Å². The summed E-state index contributed by atoms with van der Waals surface area (Å²) >= 11 is 0.582. The van der Waals surface area contributed by atoms with Crippen molar-refractivity contribution in [2.24, 2.45) is 5.14 Å². The monoisotopic (exact) mass is 441 g/mol. The quantitative estimate of drug-likeness (QED) is 0.600. The summed E-state index contributed by atoms with van der Waals surface area (Å²) in [5, 5.41) is 15.2. The second-order valence-electron chi connectivity index (χ2n) is 7.06. The summed E-state index contributed by atoms with van der Waals surface area (Å²) in [5.74, 6) is 0. The number of alkyl halides is 3. The molecule has 2 aromatic carbocycles. The maximum Gasteiger partial charge on any atom is 0.425 e. The van der Waals surface area contributed by atoms with Crippen LogP contribution in [0.4, 0.5) is 13.2 Å². The van der Waals surface area contributed by atoms with E-state index in [0.717, 1.165) is 6.07 Å². The van der Waals surface area contributed by atoms with E-state index in [2.05, 4.69) is 0 Å². The molecule has 3 rings (SSSR count). The van der Waals surface area contributed by atoms with E-state index in [9.17, 15) is 26.7 Å². The number of hydrogen-bond acceptors (Lipinski definition) is 4. The van der Waals surface area contributed by atoms with Crippen LogP contribution >= 0.6 is 11.3 Å². The van der Waals surface area contributed by atoms with E-state index in [1.165, 1.54) is 24.3 Å². The second kappa shape index (κ2) is 7.24. The highest BCUT2D eigenvalue weighted by atomic mass is 32.2. The Morgan fingerprint density at radius 2 is 1.45 bits per heavy atom. The smallest absolute Gasteiger partial charge is 0.386 e. The molecule has 9 heteroatoms. The predicted molar refractivity (Wildman–Crippen MR) is 107 cm³/mol. The van der Waals surface area contributed by atoms with Crippen molar-refractivity contribution < 1.29 is 26.7 Å². The fraction of sp³-hybridized carbons (Fsp3) is 0.200. The Morgan fingerprint density at radius 3 is 1.90 bits per heavy atom. The lowest BCUT2D eigenvalue weighted by molar-refractivity contribution is -0.134. The first kappa shape index (κ1) is 21.5. The van der Waals surface area contributed by atoms with E-state index < -0.39 is 26.7 Å². The minimum Gasteiger partial charge on any atom is -0.386 e. The van der Waals surface area contributed by atoms with Crippen LogP contribution in [-0.4, -0.2) is 13.5 Å². The van der Waals surface area contributed by atoms with Crippen molar-refractivity contribution in [3.05, 3.63) is 65.0 Å². The number of aliphatic hydroxyl groups is 1. The SMILES string of the molecule is CC(C)(O)c1ccc(-c2cc(C(F)(F)F)sc2-c2ccc(S(N)(=O)=O)cc2)cc1. The first-order valence-corrected chi connectivity index (χ1v) is 10.8. The minimum atomic E-state index is -4.51. The van der Waals surface area contributed by atoms with Crippen LogP contribution in [0.5, 0.6) is 0 Å². The summed E-state index contributed by atoms with van der Waals surface area (Å²) in [5.41, 5.74) is 0.922. The van der Waals surface area contributed by atoms with E-state index in [1.807, 2.05) is 0 Å². The van der Waals surface area contributed by atoms with Gasteiger partial charge in [-0.25, -0.2) is 13.6 Å². The zero-order valence-electron chi connectivity index (χ0n) is 15.5. The third-order valence-corrected chi connectivity index (χ3v) is 6.52. The zero-order valence-corrected chi connectivity index (χ0v) is 17.1. The van der Waals surface area contributed by atoms with Crippen LogP contribution in [-0.2, 0) is 21.8 Å². The molecule has 0 radical (unpaired) electrons. The van der Waals surface area contributed by atoms with E-state index in [4.69, 9.17) is 5.14 Å². The molecule has 29 heavy (non-hydrogen) atoms. The van der Waals surface area contributed by atoms with Gasteiger partial charge in [-0.15, -0.1) is 11.3 Å². The highest BCUT2D eigenvalue weighted by molar-refractivity contribution is 7.89. The number of sulfonamides is 1. The van der Waals surface area contributed by atoms with E-state index in [1.54, 1.807) is 38.1 Å². The molecule has 3 aromatic rings. The molecule has 0 bridgehead atoms. The average Bonchev–Trinajstić information content (AvgIpc) is 3.06. The Kier molecular flexibility index (Phi) is 5.37. The van der Waals surface area contributed by atoms with Gasteiger partial charge in [0.15, 0.2) is 0 Å². The van der Waals surface area contributed by atoms with E-state index in [0.29, 0.717) is 38.5 Å². The molecule has 0 saturated heterocycles. The van der Waals surface area contributed by atoms with Crippen LogP contribution in [0.25, 0.3) is 21.6 Å². The van der Waals surface area contributed by atoms with Crippen molar-refractivity contribution in [1.82, 2.24) is 0 Å². The number of primary sulfonamides is 1. The molecule has 0 amide bonds. The van der Waals surface area contributed by atoms with Crippen LogP contribution in [0.2, 0.25) is 0 Å². The molecule has 4 nitrogen and oxygen atoms in total. The molecule has 0 spiro atoms. The van der Waals surface area contributed by atoms with Gasteiger partial charge >= 0.3 is 6.18 Å². The normalized spacial score (nSPS) is 12.9. The fourth-order valence-corrected chi connectivity index (χ4v) is 4.38. The topological polar surface area (TPSA) is 80.4 Å². The molecule has 3 N–H and O–H groups in total. The molecule has 0 atom stereocenters. The fourth-order valence-electron chi connectivity index (χ4n) is 2.81. The first-order valence-electron chi connectivity index (χ1n) is 8.44. The molecule has 0 unspecified atom stereocenters. The standard InChI is InChI=1S/C20H18F3NO3S2/c1-19(2,25)14-7-3-12(4-8-14)16-11-17(20(21,22)23)28-18(16)13-5-9-15(10-6-13)29(24,26)27/h3-11,25H,1-2H3,(H2,24,26,27). The molecule has 0 aliphatic rings. The Bertz CT molecular complexity index is 1130. The maximum absolute atomic E-state index is 13.3. The van der Waals surface area contributed by atoms with E-state index >= 15 is 0 Å². The van der Waals surface area contributed by atoms with Crippen molar-refractivity contribution in [1.29, 1.82) is 0 Å². The van der Waals surface area contributed by atoms with Gasteiger partial charge in [0.2, 0.25) is 10.0 Å². The highest BCUT2D eigenvalue weighted by Crippen LogP contribution is 2.45. The molecule has 1 heterocycles. The van der Waals surface area contributed by atoms with Gasteiger partial charge in [0.05, 0.1) is 10.5 Å². The number of benzene rings is 2. The van der Waals surface area contributed by atoms with Gasteiger partial charge in [0.25, 0.3) is 0 Å². The maximum atomic E-state index is 13.3.